The maximum absolute atomic E-state index is 9.08. The summed E-state index contributed by atoms with van der Waals surface area (Å²) in [5.41, 5.74) is 2.39. The Bertz CT molecular complexity index is 586. The van der Waals surface area contributed by atoms with Crippen LogP contribution in [0, 0.1) is 0 Å². The highest BCUT2D eigenvalue weighted by atomic mass is 16.7. The molecule has 3 rings (SSSR count). The molecular formula is C17H19NO3. The lowest BCUT2D eigenvalue weighted by Gasteiger charge is -2.19. The summed E-state index contributed by atoms with van der Waals surface area (Å²) in [6.07, 6.45) is 0.862. The monoisotopic (exact) mass is 285 g/mol. The molecule has 0 radical (unpaired) electrons. The average Bonchev–Trinajstić information content (AvgIpc) is 3.00. The minimum atomic E-state index is 0.121. The molecule has 1 heterocycles. The van der Waals surface area contributed by atoms with Gasteiger partial charge in [-0.05, 0) is 29.7 Å². The van der Waals surface area contributed by atoms with Crippen LogP contribution in [0.1, 0.15) is 17.2 Å². The van der Waals surface area contributed by atoms with E-state index in [2.05, 4.69) is 17.4 Å². The molecule has 0 aromatic heterocycles. The van der Waals surface area contributed by atoms with E-state index in [-0.39, 0.29) is 19.4 Å². The zero-order valence-electron chi connectivity index (χ0n) is 11.8. The lowest BCUT2D eigenvalue weighted by atomic mass is 9.98. The molecule has 1 aliphatic heterocycles. The van der Waals surface area contributed by atoms with Crippen LogP contribution in [0.3, 0.4) is 0 Å². The number of hydrogen-bond acceptors (Lipinski definition) is 4. The smallest absolute Gasteiger partial charge is 0.231 e. The molecule has 0 aliphatic carbocycles. The van der Waals surface area contributed by atoms with Crippen LogP contribution in [0.15, 0.2) is 48.5 Å². The van der Waals surface area contributed by atoms with Gasteiger partial charge in [-0.25, -0.2) is 0 Å². The third-order valence-electron chi connectivity index (χ3n) is 3.58. The highest BCUT2D eigenvalue weighted by Gasteiger charge is 2.18. The summed E-state index contributed by atoms with van der Waals surface area (Å²) in [4.78, 5) is 0. The van der Waals surface area contributed by atoms with Gasteiger partial charge in [0.15, 0.2) is 11.5 Å². The Morgan fingerprint density at radius 2 is 1.86 bits per heavy atom. The van der Waals surface area contributed by atoms with E-state index in [4.69, 9.17) is 14.6 Å². The summed E-state index contributed by atoms with van der Waals surface area (Å²) >= 11 is 0. The van der Waals surface area contributed by atoms with E-state index >= 15 is 0 Å². The van der Waals surface area contributed by atoms with Gasteiger partial charge in [-0.2, -0.15) is 0 Å². The van der Waals surface area contributed by atoms with E-state index in [1.807, 2.05) is 36.4 Å². The molecule has 4 nitrogen and oxygen atoms in total. The van der Waals surface area contributed by atoms with E-state index in [9.17, 15) is 0 Å². The van der Waals surface area contributed by atoms with E-state index in [1.54, 1.807) is 0 Å². The Balaban J connectivity index is 1.81. The van der Waals surface area contributed by atoms with Gasteiger partial charge in [-0.1, -0.05) is 36.4 Å². The number of nitrogens with one attached hydrogen (secondary N) is 1. The number of benzene rings is 2. The van der Waals surface area contributed by atoms with Crippen LogP contribution in [0.5, 0.6) is 11.5 Å². The van der Waals surface area contributed by atoms with Gasteiger partial charge in [0.25, 0.3) is 0 Å². The predicted octanol–water partition coefficient (Wildman–Crippen LogP) is 2.28. The Morgan fingerprint density at radius 3 is 2.67 bits per heavy atom. The van der Waals surface area contributed by atoms with Crippen molar-refractivity contribution in [2.75, 3.05) is 19.9 Å². The van der Waals surface area contributed by atoms with Gasteiger partial charge in [0.2, 0.25) is 6.79 Å². The number of ether oxygens (including phenoxy) is 2. The zero-order chi connectivity index (χ0) is 14.5. The molecule has 2 aromatic carbocycles. The Hall–Kier alpha value is -2.04. The Morgan fingerprint density at radius 1 is 1.05 bits per heavy atom. The van der Waals surface area contributed by atoms with Crippen LogP contribution in [-0.4, -0.2) is 25.1 Å². The molecule has 2 N–H and O–H groups in total. The Kier molecular flexibility index (Phi) is 4.38. The largest absolute Gasteiger partial charge is 0.454 e. The van der Waals surface area contributed by atoms with Gasteiger partial charge in [0, 0.05) is 12.6 Å². The van der Waals surface area contributed by atoms with Crippen LogP contribution in [0.2, 0.25) is 0 Å². The van der Waals surface area contributed by atoms with Crippen molar-refractivity contribution in [3.8, 4) is 11.5 Å². The molecule has 110 valence electrons. The first-order valence-corrected chi connectivity index (χ1v) is 7.14. The van der Waals surface area contributed by atoms with Crippen molar-refractivity contribution in [2.24, 2.45) is 0 Å². The van der Waals surface area contributed by atoms with E-state index in [1.165, 1.54) is 5.56 Å². The summed E-state index contributed by atoms with van der Waals surface area (Å²) < 4.78 is 10.8. The van der Waals surface area contributed by atoms with Crippen molar-refractivity contribution in [2.45, 2.75) is 12.5 Å². The number of hydrogen-bond donors (Lipinski definition) is 2. The minimum absolute atomic E-state index is 0.121. The van der Waals surface area contributed by atoms with Gasteiger partial charge >= 0.3 is 0 Å². The predicted molar refractivity (Wildman–Crippen MR) is 80.5 cm³/mol. The third-order valence-corrected chi connectivity index (χ3v) is 3.58. The normalized spacial score (nSPS) is 14.1. The fourth-order valence-corrected chi connectivity index (χ4v) is 2.53. The second kappa shape index (κ2) is 6.61. The second-order valence-electron chi connectivity index (χ2n) is 5.03. The van der Waals surface area contributed by atoms with Gasteiger partial charge in [0.05, 0.1) is 6.61 Å². The molecule has 0 unspecified atom stereocenters. The summed E-state index contributed by atoms with van der Waals surface area (Å²) in [5.74, 6) is 1.58. The molecule has 0 saturated carbocycles. The van der Waals surface area contributed by atoms with Gasteiger partial charge < -0.3 is 19.9 Å². The SMILES string of the molecule is OCCN[C@@H](Cc1ccccc1)c1ccc2c(c1)OCO2. The maximum Gasteiger partial charge on any atom is 0.231 e. The van der Waals surface area contributed by atoms with Gasteiger partial charge in [-0.3, -0.25) is 0 Å². The fourth-order valence-electron chi connectivity index (χ4n) is 2.53. The van der Waals surface area contributed by atoms with Crippen molar-refractivity contribution < 1.29 is 14.6 Å². The number of fused-ring (bicyclic) bond motifs is 1. The Labute approximate surface area is 124 Å². The van der Waals surface area contributed by atoms with Crippen LogP contribution in [-0.2, 0) is 6.42 Å². The third kappa shape index (κ3) is 3.35. The molecule has 0 bridgehead atoms. The molecular weight excluding hydrogens is 266 g/mol. The van der Waals surface area contributed by atoms with Gasteiger partial charge in [0.1, 0.15) is 0 Å². The highest BCUT2D eigenvalue weighted by molar-refractivity contribution is 5.45. The van der Waals surface area contributed by atoms with E-state index < -0.39 is 0 Å². The van der Waals surface area contributed by atoms with Crippen molar-refractivity contribution in [3.63, 3.8) is 0 Å². The first-order valence-electron chi connectivity index (χ1n) is 7.14. The fraction of sp³-hybridized carbons (Fsp3) is 0.294. The molecule has 0 spiro atoms. The standard InChI is InChI=1S/C17H19NO3/c19-9-8-18-15(10-13-4-2-1-3-5-13)14-6-7-16-17(11-14)21-12-20-16/h1-7,11,15,18-19H,8-10,12H2/t15-/m0/s1. The lowest BCUT2D eigenvalue weighted by Crippen LogP contribution is -2.26. The van der Waals surface area contributed by atoms with Crippen molar-refractivity contribution >= 4 is 0 Å². The first-order chi connectivity index (χ1) is 10.4. The molecule has 0 amide bonds. The summed E-state index contributed by atoms with van der Waals surface area (Å²) in [6, 6.07) is 16.5. The van der Waals surface area contributed by atoms with Crippen LogP contribution >= 0.6 is 0 Å². The number of rotatable bonds is 6. The van der Waals surface area contributed by atoms with Crippen molar-refractivity contribution in [1.82, 2.24) is 5.32 Å². The quantitative estimate of drug-likeness (QED) is 0.855. The molecule has 1 atom stereocenters. The van der Waals surface area contributed by atoms with Crippen LogP contribution < -0.4 is 14.8 Å². The molecule has 21 heavy (non-hydrogen) atoms. The van der Waals surface area contributed by atoms with E-state index in [0.717, 1.165) is 23.5 Å². The summed E-state index contributed by atoms with van der Waals surface area (Å²) in [6.45, 7) is 0.966. The molecule has 4 heteroatoms. The van der Waals surface area contributed by atoms with Gasteiger partial charge in [-0.15, -0.1) is 0 Å². The zero-order valence-corrected chi connectivity index (χ0v) is 11.8. The topological polar surface area (TPSA) is 50.7 Å². The molecule has 2 aromatic rings. The maximum atomic E-state index is 9.08. The van der Waals surface area contributed by atoms with Crippen molar-refractivity contribution in [1.29, 1.82) is 0 Å². The van der Waals surface area contributed by atoms with E-state index in [0.29, 0.717) is 6.54 Å². The van der Waals surface area contributed by atoms with Crippen molar-refractivity contribution in [3.05, 3.63) is 59.7 Å². The highest BCUT2D eigenvalue weighted by Crippen LogP contribution is 2.34. The summed E-state index contributed by atoms with van der Waals surface area (Å²) in [7, 11) is 0. The summed E-state index contributed by atoms with van der Waals surface area (Å²) in [5, 5.41) is 12.5. The molecule has 1 aliphatic rings. The number of aliphatic hydroxyl groups excluding tert-OH is 1. The minimum Gasteiger partial charge on any atom is -0.454 e. The first kappa shape index (κ1) is 13.9. The molecule has 0 fully saturated rings. The number of aliphatic hydroxyl groups is 1. The van der Waals surface area contributed by atoms with Crippen LogP contribution in [0.25, 0.3) is 0 Å². The average molecular weight is 285 g/mol. The lowest BCUT2D eigenvalue weighted by molar-refractivity contribution is 0.174. The van der Waals surface area contributed by atoms with Crippen LogP contribution in [0.4, 0.5) is 0 Å². The molecule has 0 saturated heterocycles. The second-order valence-corrected chi connectivity index (χ2v) is 5.03.